The Bertz CT molecular complexity index is 823. The molecule has 0 N–H and O–H groups in total. The SMILES string of the molecule is C=CC1CCC(C2CCC(C3CCC(c4cc(F)c(C=CC(F)(F)F)c(F)c4)CC3)CC2)CC1. The smallest absolute Gasteiger partial charge is 0.206 e. The lowest BCUT2D eigenvalue weighted by Gasteiger charge is -2.41. The van der Waals surface area contributed by atoms with Gasteiger partial charge in [0, 0.05) is 11.6 Å². The van der Waals surface area contributed by atoms with Crippen LogP contribution in [-0.2, 0) is 0 Å². The van der Waals surface area contributed by atoms with E-state index in [0.717, 1.165) is 49.4 Å². The Morgan fingerprint density at radius 1 is 0.676 bits per heavy atom. The van der Waals surface area contributed by atoms with E-state index in [0.29, 0.717) is 17.6 Å². The lowest BCUT2D eigenvalue weighted by Crippen LogP contribution is -2.29. The van der Waals surface area contributed by atoms with Gasteiger partial charge in [0.1, 0.15) is 11.6 Å². The number of alkyl halides is 3. The summed E-state index contributed by atoms with van der Waals surface area (Å²) in [5.41, 5.74) is -0.0408. The molecule has 1 aromatic carbocycles. The van der Waals surface area contributed by atoms with Crippen LogP contribution >= 0.6 is 0 Å². The van der Waals surface area contributed by atoms with Crippen LogP contribution in [0, 0.1) is 41.2 Å². The lowest BCUT2D eigenvalue weighted by atomic mass is 9.64. The van der Waals surface area contributed by atoms with E-state index in [1.54, 1.807) is 0 Å². The molecule has 0 bridgehead atoms. The third kappa shape index (κ3) is 6.31. The summed E-state index contributed by atoms with van der Waals surface area (Å²) in [6.45, 7) is 3.96. The van der Waals surface area contributed by atoms with E-state index >= 15 is 0 Å². The molecule has 1 aromatic rings. The first-order valence-corrected chi connectivity index (χ1v) is 13.1. The topological polar surface area (TPSA) is 0 Å². The molecule has 3 aliphatic carbocycles. The highest BCUT2D eigenvalue weighted by atomic mass is 19.4. The summed E-state index contributed by atoms with van der Waals surface area (Å²) in [6, 6.07) is 2.47. The molecule has 0 saturated heterocycles. The molecular formula is C29H37F5. The quantitative estimate of drug-likeness (QED) is 0.291. The van der Waals surface area contributed by atoms with Crippen LogP contribution in [0.15, 0.2) is 30.9 Å². The number of rotatable bonds is 5. The van der Waals surface area contributed by atoms with Crippen LogP contribution in [0.4, 0.5) is 22.0 Å². The van der Waals surface area contributed by atoms with Crippen LogP contribution in [0.25, 0.3) is 6.08 Å². The average Bonchev–Trinajstić information content (AvgIpc) is 2.83. The molecule has 34 heavy (non-hydrogen) atoms. The number of halogens is 5. The van der Waals surface area contributed by atoms with Gasteiger partial charge in [0.2, 0.25) is 0 Å². The van der Waals surface area contributed by atoms with Gasteiger partial charge in [0.15, 0.2) is 0 Å². The highest BCUT2D eigenvalue weighted by molar-refractivity contribution is 5.52. The third-order valence-electron chi connectivity index (χ3n) is 9.08. The fourth-order valence-electron chi connectivity index (χ4n) is 7.04. The molecule has 0 radical (unpaired) electrons. The minimum absolute atomic E-state index is 0.0808. The normalized spacial score (nSPS) is 33.2. The van der Waals surface area contributed by atoms with Crippen LogP contribution in [0.5, 0.6) is 0 Å². The van der Waals surface area contributed by atoms with E-state index in [9.17, 15) is 22.0 Å². The minimum Gasteiger partial charge on any atom is -0.206 e. The molecular weight excluding hydrogens is 443 g/mol. The molecule has 0 nitrogen and oxygen atoms in total. The molecule has 0 aliphatic heterocycles. The molecule has 188 valence electrons. The predicted molar refractivity (Wildman–Crippen MR) is 127 cm³/mol. The monoisotopic (exact) mass is 480 g/mol. The number of benzene rings is 1. The molecule has 3 saturated carbocycles. The maximum atomic E-state index is 14.4. The van der Waals surface area contributed by atoms with Crippen LogP contribution in [-0.4, -0.2) is 6.18 Å². The highest BCUT2D eigenvalue weighted by Crippen LogP contribution is 2.47. The van der Waals surface area contributed by atoms with Gasteiger partial charge in [-0.15, -0.1) is 6.58 Å². The Hall–Kier alpha value is -1.65. The third-order valence-corrected chi connectivity index (χ3v) is 9.08. The van der Waals surface area contributed by atoms with E-state index in [4.69, 9.17) is 0 Å². The summed E-state index contributed by atoms with van der Waals surface area (Å²) in [7, 11) is 0. The molecule has 0 atom stereocenters. The van der Waals surface area contributed by atoms with Crippen molar-refractivity contribution in [1.29, 1.82) is 0 Å². The second-order valence-electron chi connectivity index (χ2n) is 11.0. The first-order valence-electron chi connectivity index (χ1n) is 13.1. The van der Waals surface area contributed by atoms with E-state index < -0.39 is 23.4 Å². The summed E-state index contributed by atoms with van der Waals surface area (Å²) < 4.78 is 65.9. The van der Waals surface area contributed by atoms with Crippen molar-refractivity contribution in [3.05, 3.63) is 53.6 Å². The standard InChI is InChI=1S/C29H37F5/c1-2-19-3-5-20(6-4-19)21-7-9-22(10-8-21)23-11-13-24(14-12-23)25-17-27(30)26(28(31)18-25)15-16-29(32,33)34/h2,15-24H,1,3-14H2. The van der Waals surface area contributed by atoms with Crippen molar-refractivity contribution in [1.82, 2.24) is 0 Å². The summed E-state index contributed by atoms with van der Waals surface area (Å²) in [4.78, 5) is 0. The zero-order valence-electron chi connectivity index (χ0n) is 19.9. The van der Waals surface area contributed by atoms with Crippen molar-refractivity contribution < 1.29 is 22.0 Å². The van der Waals surface area contributed by atoms with E-state index in [-0.39, 0.29) is 12.0 Å². The van der Waals surface area contributed by atoms with Gasteiger partial charge in [0.25, 0.3) is 0 Å². The summed E-state index contributed by atoms with van der Waals surface area (Å²) in [5, 5.41) is 0. The molecule has 4 rings (SSSR count). The molecule has 0 unspecified atom stereocenters. The molecule has 0 heterocycles. The molecule has 3 fully saturated rings. The van der Waals surface area contributed by atoms with Crippen molar-refractivity contribution >= 4 is 6.08 Å². The zero-order chi connectivity index (χ0) is 24.3. The van der Waals surface area contributed by atoms with Crippen molar-refractivity contribution in [3.8, 4) is 0 Å². The lowest BCUT2D eigenvalue weighted by molar-refractivity contribution is -0.0790. The Morgan fingerprint density at radius 2 is 1.09 bits per heavy atom. The van der Waals surface area contributed by atoms with E-state index in [1.807, 2.05) is 0 Å². The first-order chi connectivity index (χ1) is 16.2. The van der Waals surface area contributed by atoms with Crippen LogP contribution in [0.2, 0.25) is 0 Å². The molecule has 0 aromatic heterocycles. The van der Waals surface area contributed by atoms with E-state index in [1.165, 1.54) is 63.5 Å². The first kappa shape index (κ1) is 25.4. The minimum atomic E-state index is -4.60. The van der Waals surface area contributed by atoms with Crippen molar-refractivity contribution in [2.75, 3.05) is 0 Å². The van der Waals surface area contributed by atoms with Crippen LogP contribution < -0.4 is 0 Å². The van der Waals surface area contributed by atoms with Crippen molar-refractivity contribution in [2.45, 2.75) is 89.1 Å². The summed E-state index contributed by atoms with van der Waals surface area (Å²) in [6.07, 6.45) is 12.5. The number of allylic oxidation sites excluding steroid dienone is 2. The van der Waals surface area contributed by atoms with Gasteiger partial charge < -0.3 is 0 Å². The Balaban J connectivity index is 1.27. The fourth-order valence-corrected chi connectivity index (χ4v) is 7.04. The average molecular weight is 481 g/mol. The van der Waals surface area contributed by atoms with Crippen LogP contribution in [0.1, 0.15) is 94.1 Å². The largest absolute Gasteiger partial charge is 0.409 e. The van der Waals surface area contributed by atoms with Gasteiger partial charge in [0.05, 0.1) is 0 Å². The fraction of sp³-hybridized carbons (Fsp3) is 0.655. The Kier molecular flexibility index (Phi) is 8.20. The predicted octanol–water partition coefficient (Wildman–Crippen LogP) is 9.61. The second-order valence-corrected chi connectivity index (χ2v) is 11.0. The van der Waals surface area contributed by atoms with Gasteiger partial charge in [-0.2, -0.15) is 13.2 Å². The van der Waals surface area contributed by atoms with Gasteiger partial charge in [-0.3, -0.25) is 0 Å². The maximum Gasteiger partial charge on any atom is 0.409 e. The molecule has 0 amide bonds. The van der Waals surface area contributed by atoms with Gasteiger partial charge in [-0.25, -0.2) is 8.78 Å². The Labute approximate surface area is 200 Å². The zero-order valence-corrected chi connectivity index (χ0v) is 19.9. The highest BCUT2D eigenvalue weighted by Gasteiger charge is 2.35. The van der Waals surface area contributed by atoms with Gasteiger partial charge in [-0.05, 0) is 136 Å². The van der Waals surface area contributed by atoms with Gasteiger partial charge in [-0.1, -0.05) is 6.08 Å². The van der Waals surface area contributed by atoms with Gasteiger partial charge >= 0.3 is 6.18 Å². The summed E-state index contributed by atoms with van der Waals surface area (Å²) in [5.74, 6) is 2.20. The van der Waals surface area contributed by atoms with Crippen molar-refractivity contribution in [3.63, 3.8) is 0 Å². The molecule has 0 spiro atoms. The summed E-state index contributed by atoms with van der Waals surface area (Å²) >= 11 is 0. The van der Waals surface area contributed by atoms with E-state index in [2.05, 4.69) is 12.7 Å². The maximum absolute atomic E-state index is 14.4. The second kappa shape index (κ2) is 11.0. The number of hydrogen-bond acceptors (Lipinski definition) is 0. The van der Waals surface area contributed by atoms with Crippen LogP contribution in [0.3, 0.4) is 0 Å². The molecule has 3 aliphatic rings. The molecule has 5 heteroatoms. The van der Waals surface area contributed by atoms with Crippen molar-refractivity contribution in [2.24, 2.45) is 29.6 Å². The number of hydrogen-bond donors (Lipinski definition) is 0. The Morgan fingerprint density at radius 3 is 1.50 bits per heavy atom.